The van der Waals surface area contributed by atoms with Gasteiger partial charge in [0.1, 0.15) is 0 Å². The van der Waals surface area contributed by atoms with E-state index in [-0.39, 0.29) is 11.8 Å². The van der Waals surface area contributed by atoms with Crippen LogP contribution < -0.4 is 0 Å². The standard InChI is InChI=1S/C21H30N2O3/c1-26-16-18-8-10-19(11-9-18)21(25)23-14-12-22(13-15-23)20(24)7-3-6-17-4-2-5-17/h8-11,17H,2-7,12-16H2,1H3. The van der Waals surface area contributed by atoms with E-state index in [0.29, 0.717) is 44.8 Å². The van der Waals surface area contributed by atoms with Gasteiger partial charge in [-0.3, -0.25) is 9.59 Å². The van der Waals surface area contributed by atoms with Crippen LogP contribution in [0.1, 0.15) is 54.4 Å². The summed E-state index contributed by atoms with van der Waals surface area (Å²) in [5.74, 6) is 1.17. The van der Waals surface area contributed by atoms with E-state index in [9.17, 15) is 9.59 Å². The van der Waals surface area contributed by atoms with Gasteiger partial charge in [0, 0.05) is 45.3 Å². The second kappa shape index (κ2) is 9.17. The third-order valence-electron chi connectivity index (χ3n) is 5.66. The van der Waals surface area contributed by atoms with E-state index in [0.717, 1.165) is 17.9 Å². The minimum Gasteiger partial charge on any atom is -0.380 e. The first-order chi connectivity index (χ1) is 12.7. The Morgan fingerprint density at radius 2 is 1.69 bits per heavy atom. The number of rotatable bonds is 7. The molecule has 1 aromatic carbocycles. The lowest BCUT2D eigenvalue weighted by Crippen LogP contribution is -2.50. The average Bonchev–Trinajstić information content (AvgIpc) is 2.64. The summed E-state index contributed by atoms with van der Waals surface area (Å²) in [5.41, 5.74) is 1.76. The van der Waals surface area contributed by atoms with Crippen molar-refractivity contribution < 1.29 is 14.3 Å². The van der Waals surface area contributed by atoms with Crippen molar-refractivity contribution in [2.75, 3.05) is 33.3 Å². The first kappa shape index (κ1) is 18.9. The van der Waals surface area contributed by atoms with Gasteiger partial charge in [-0.15, -0.1) is 0 Å². The summed E-state index contributed by atoms with van der Waals surface area (Å²) >= 11 is 0. The lowest BCUT2D eigenvalue weighted by atomic mass is 9.82. The van der Waals surface area contributed by atoms with Crippen LogP contribution in [0.2, 0.25) is 0 Å². The molecule has 3 rings (SSSR count). The van der Waals surface area contributed by atoms with E-state index in [4.69, 9.17) is 4.74 Å². The molecule has 0 radical (unpaired) electrons. The van der Waals surface area contributed by atoms with Crippen LogP contribution in [0.25, 0.3) is 0 Å². The van der Waals surface area contributed by atoms with Crippen LogP contribution in [0.4, 0.5) is 0 Å². The number of ether oxygens (including phenoxy) is 1. The molecule has 1 saturated carbocycles. The predicted octanol–water partition coefficient (Wildman–Crippen LogP) is 3.09. The van der Waals surface area contributed by atoms with Gasteiger partial charge in [0.15, 0.2) is 0 Å². The van der Waals surface area contributed by atoms with Crippen LogP contribution >= 0.6 is 0 Å². The van der Waals surface area contributed by atoms with Gasteiger partial charge in [-0.25, -0.2) is 0 Å². The molecule has 0 aromatic heterocycles. The van der Waals surface area contributed by atoms with Gasteiger partial charge in [-0.05, 0) is 36.5 Å². The third-order valence-corrected chi connectivity index (χ3v) is 5.66. The molecular formula is C21H30N2O3. The number of amides is 2. The van der Waals surface area contributed by atoms with Crippen molar-refractivity contribution in [2.24, 2.45) is 5.92 Å². The monoisotopic (exact) mass is 358 g/mol. The van der Waals surface area contributed by atoms with E-state index >= 15 is 0 Å². The molecule has 2 fully saturated rings. The van der Waals surface area contributed by atoms with E-state index in [1.54, 1.807) is 7.11 Å². The smallest absolute Gasteiger partial charge is 0.253 e. The van der Waals surface area contributed by atoms with Crippen LogP contribution in [0.3, 0.4) is 0 Å². The molecule has 0 spiro atoms. The fourth-order valence-corrected chi connectivity index (χ4v) is 3.73. The molecule has 1 aliphatic carbocycles. The van der Waals surface area contributed by atoms with Crippen molar-refractivity contribution in [3.63, 3.8) is 0 Å². The third kappa shape index (κ3) is 4.85. The summed E-state index contributed by atoms with van der Waals surface area (Å²) in [6.45, 7) is 3.08. The van der Waals surface area contributed by atoms with Crippen LogP contribution in [0.15, 0.2) is 24.3 Å². The summed E-state index contributed by atoms with van der Waals surface area (Å²) in [5, 5.41) is 0. The Bertz CT molecular complexity index is 602. The maximum absolute atomic E-state index is 12.6. The highest BCUT2D eigenvalue weighted by molar-refractivity contribution is 5.94. The number of carbonyl (C=O) groups excluding carboxylic acids is 2. The van der Waals surface area contributed by atoms with Gasteiger partial charge in [0.25, 0.3) is 5.91 Å². The molecule has 26 heavy (non-hydrogen) atoms. The quantitative estimate of drug-likeness (QED) is 0.753. The molecule has 5 heteroatoms. The topological polar surface area (TPSA) is 49.9 Å². The van der Waals surface area contributed by atoms with Crippen molar-refractivity contribution in [1.82, 2.24) is 9.80 Å². The normalized spacial score (nSPS) is 17.9. The molecule has 1 aliphatic heterocycles. The van der Waals surface area contributed by atoms with Gasteiger partial charge < -0.3 is 14.5 Å². The highest BCUT2D eigenvalue weighted by Crippen LogP contribution is 2.30. The number of methoxy groups -OCH3 is 1. The SMILES string of the molecule is COCc1ccc(C(=O)N2CCN(C(=O)CCCC3CCC3)CC2)cc1. The largest absolute Gasteiger partial charge is 0.380 e. The number of nitrogens with zero attached hydrogens (tertiary/aromatic N) is 2. The second-order valence-corrected chi connectivity index (χ2v) is 7.49. The molecule has 1 heterocycles. The van der Waals surface area contributed by atoms with E-state index in [1.165, 1.54) is 25.7 Å². The highest BCUT2D eigenvalue weighted by atomic mass is 16.5. The number of hydrogen-bond acceptors (Lipinski definition) is 3. The fraction of sp³-hybridized carbons (Fsp3) is 0.619. The van der Waals surface area contributed by atoms with E-state index in [2.05, 4.69) is 0 Å². The Labute approximate surface area is 156 Å². The zero-order valence-electron chi connectivity index (χ0n) is 15.8. The van der Waals surface area contributed by atoms with Gasteiger partial charge in [0.2, 0.25) is 5.91 Å². The Kier molecular flexibility index (Phi) is 6.67. The maximum atomic E-state index is 12.6. The number of carbonyl (C=O) groups is 2. The molecule has 0 bridgehead atoms. The maximum Gasteiger partial charge on any atom is 0.253 e. The van der Waals surface area contributed by atoms with E-state index < -0.39 is 0 Å². The summed E-state index contributed by atoms with van der Waals surface area (Å²) in [6, 6.07) is 7.57. The van der Waals surface area contributed by atoms with Crippen LogP contribution in [-0.2, 0) is 16.1 Å². The summed E-state index contributed by atoms with van der Waals surface area (Å²) in [7, 11) is 1.66. The number of hydrogen-bond donors (Lipinski definition) is 0. The van der Waals surface area contributed by atoms with Gasteiger partial charge >= 0.3 is 0 Å². The molecule has 0 N–H and O–H groups in total. The second-order valence-electron chi connectivity index (χ2n) is 7.49. The van der Waals surface area contributed by atoms with E-state index in [1.807, 2.05) is 34.1 Å². The van der Waals surface area contributed by atoms with Crippen LogP contribution in [0.5, 0.6) is 0 Å². The van der Waals surface area contributed by atoms with Crippen molar-refractivity contribution in [1.29, 1.82) is 0 Å². The Balaban J connectivity index is 1.42. The summed E-state index contributed by atoms with van der Waals surface area (Å²) in [4.78, 5) is 28.7. The average molecular weight is 358 g/mol. The Morgan fingerprint density at radius 1 is 1.04 bits per heavy atom. The summed E-state index contributed by atoms with van der Waals surface area (Å²) < 4.78 is 5.10. The van der Waals surface area contributed by atoms with Crippen molar-refractivity contribution in [3.8, 4) is 0 Å². The Morgan fingerprint density at radius 3 is 2.27 bits per heavy atom. The van der Waals surface area contributed by atoms with Gasteiger partial charge in [-0.1, -0.05) is 31.4 Å². The lowest BCUT2D eigenvalue weighted by Gasteiger charge is -2.35. The number of piperazine rings is 1. The molecule has 142 valence electrons. The zero-order valence-corrected chi connectivity index (χ0v) is 15.8. The Hall–Kier alpha value is -1.88. The minimum absolute atomic E-state index is 0.0473. The zero-order chi connectivity index (χ0) is 18.4. The number of benzene rings is 1. The molecule has 2 amide bonds. The molecular weight excluding hydrogens is 328 g/mol. The van der Waals surface area contributed by atoms with Gasteiger partial charge in [-0.2, -0.15) is 0 Å². The predicted molar refractivity (Wildman–Crippen MR) is 101 cm³/mol. The van der Waals surface area contributed by atoms with Crippen LogP contribution in [0, 0.1) is 5.92 Å². The molecule has 2 aliphatic rings. The van der Waals surface area contributed by atoms with Crippen LogP contribution in [-0.4, -0.2) is 54.9 Å². The van der Waals surface area contributed by atoms with Gasteiger partial charge in [0.05, 0.1) is 6.61 Å². The molecule has 1 saturated heterocycles. The first-order valence-electron chi connectivity index (χ1n) is 9.82. The molecule has 5 nitrogen and oxygen atoms in total. The van der Waals surface area contributed by atoms with Crippen molar-refractivity contribution in [2.45, 2.75) is 45.1 Å². The van der Waals surface area contributed by atoms with Crippen molar-refractivity contribution >= 4 is 11.8 Å². The minimum atomic E-state index is 0.0473. The first-order valence-corrected chi connectivity index (χ1v) is 9.82. The fourth-order valence-electron chi connectivity index (χ4n) is 3.73. The summed E-state index contributed by atoms with van der Waals surface area (Å²) in [6.07, 6.45) is 6.93. The molecule has 1 aromatic rings. The highest BCUT2D eigenvalue weighted by Gasteiger charge is 2.25. The van der Waals surface area contributed by atoms with Crippen molar-refractivity contribution in [3.05, 3.63) is 35.4 Å². The molecule has 0 unspecified atom stereocenters. The lowest BCUT2D eigenvalue weighted by molar-refractivity contribution is -0.132. The molecule has 0 atom stereocenters.